The summed E-state index contributed by atoms with van der Waals surface area (Å²) in [7, 11) is 5.41. The monoisotopic (exact) mass is 276 g/mol. The lowest BCUT2D eigenvalue weighted by Gasteiger charge is -2.23. The number of rotatable bonds is 4. The summed E-state index contributed by atoms with van der Waals surface area (Å²) in [5, 5.41) is 1.15. The Morgan fingerprint density at radius 1 is 1.20 bits per heavy atom. The van der Waals surface area contributed by atoms with Gasteiger partial charge in [-0.25, -0.2) is 0 Å². The summed E-state index contributed by atoms with van der Waals surface area (Å²) in [5.74, 6) is 1.62. The van der Waals surface area contributed by atoms with Gasteiger partial charge in [0, 0.05) is 36.2 Å². The third kappa shape index (κ3) is 2.04. The molecule has 0 aliphatic heterocycles. The zero-order valence-electron chi connectivity index (χ0n) is 13.2. The van der Waals surface area contributed by atoms with E-state index in [1.54, 1.807) is 14.2 Å². The average molecular weight is 276 g/mol. The number of hydrogen-bond acceptors (Lipinski definition) is 3. The molecule has 2 N–H and O–H groups in total. The highest BCUT2D eigenvalue weighted by molar-refractivity contribution is 5.92. The second kappa shape index (κ2) is 5.02. The number of aryl methyl sites for hydroxylation is 1. The molecule has 0 radical (unpaired) electrons. The summed E-state index contributed by atoms with van der Waals surface area (Å²) in [4.78, 5) is 0. The molecule has 2 rings (SSSR count). The van der Waals surface area contributed by atoms with E-state index in [-0.39, 0.29) is 5.41 Å². The van der Waals surface area contributed by atoms with E-state index in [1.807, 2.05) is 6.07 Å². The Morgan fingerprint density at radius 3 is 2.35 bits per heavy atom. The standard InChI is InChI=1S/C16H24N2O2/c1-10-14(16(2,3)9-17)12-7-11(19-5)8-13(20-6)15(12)18(10)4/h7-8H,9,17H2,1-6H3. The predicted octanol–water partition coefficient (Wildman–Crippen LogP) is 2.74. The Bertz CT molecular complexity index is 642. The molecule has 4 heteroatoms. The van der Waals surface area contributed by atoms with Crippen molar-refractivity contribution in [2.75, 3.05) is 20.8 Å². The molecular formula is C16H24N2O2. The van der Waals surface area contributed by atoms with Gasteiger partial charge in [0.05, 0.1) is 19.7 Å². The molecule has 0 amide bonds. The van der Waals surface area contributed by atoms with Crippen LogP contribution in [0.3, 0.4) is 0 Å². The van der Waals surface area contributed by atoms with Crippen molar-refractivity contribution in [2.24, 2.45) is 12.8 Å². The predicted molar refractivity (Wildman–Crippen MR) is 82.8 cm³/mol. The van der Waals surface area contributed by atoms with Crippen LogP contribution in [0.4, 0.5) is 0 Å². The van der Waals surface area contributed by atoms with E-state index in [4.69, 9.17) is 15.2 Å². The lowest BCUT2D eigenvalue weighted by Crippen LogP contribution is -2.28. The molecule has 110 valence electrons. The molecule has 0 saturated carbocycles. The Morgan fingerprint density at radius 2 is 1.85 bits per heavy atom. The van der Waals surface area contributed by atoms with Gasteiger partial charge in [-0.3, -0.25) is 0 Å². The summed E-state index contributed by atoms with van der Waals surface area (Å²) >= 11 is 0. The zero-order chi connectivity index (χ0) is 15.1. The third-order valence-electron chi connectivity index (χ3n) is 4.16. The van der Waals surface area contributed by atoms with Crippen molar-refractivity contribution in [1.82, 2.24) is 4.57 Å². The fraction of sp³-hybridized carbons (Fsp3) is 0.500. The van der Waals surface area contributed by atoms with Crippen LogP contribution in [-0.4, -0.2) is 25.3 Å². The van der Waals surface area contributed by atoms with Crippen LogP contribution in [0.5, 0.6) is 11.5 Å². The van der Waals surface area contributed by atoms with Crippen molar-refractivity contribution >= 4 is 10.9 Å². The maximum atomic E-state index is 5.98. The Hall–Kier alpha value is -1.68. The Balaban J connectivity index is 2.92. The first-order valence-electron chi connectivity index (χ1n) is 6.79. The number of nitrogens with two attached hydrogens (primary N) is 1. The number of methoxy groups -OCH3 is 2. The smallest absolute Gasteiger partial charge is 0.146 e. The van der Waals surface area contributed by atoms with E-state index in [2.05, 4.69) is 38.5 Å². The molecule has 1 aromatic carbocycles. The summed E-state index contributed by atoms with van der Waals surface area (Å²) in [5.41, 5.74) is 9.44. The largest absolute Gasteiger partial charge is 0.497 e. The highest BCUT2D eigenvalue weighted by atomic mass is 16.5. The molecule has 1 aromatic heterocycles. The first-order valence-corrected chi connectivity index (χ1v) is 6.79. The minimum Gasteiger partial charge on any atom is -0.497 e. The molecule has 2 aromatic rings. The van der Waals surface area contributed by atoms with Crippen molar-refractivity contribution in [2.45, 2.75) is 26.2 Å². The topological polar surface area (TPSA) is 49.4 Å². The van der Waals surface area contributed by atoms with E-state index >= 15 is 0 Å². The molecule has 0 unspecified atom stereocenters. The van der Waals surface area contributed by atoms with Crippen LogP contribution in [0.15, 0.2) is 12.1 Å². The number of benzene rings is 1. The van der Waals surface area contributed by atoms with Crippen LogP contribution < -0.4 is 15.2 Å². The van der Waals surface area contributed by atoms with Gasteiger partial charge in [0.25, 0.3) is 0 Å². The number of aromatic nitrogens is 1. The van der Waals surface area contributed by atoms with E-state index in [0.717, 1.165) is 22.4 Å². The zero-order valence-corrected chi connectivity index (χ0v) is 13.2. The molecule has 4 nitrogen and oxygen atoms in total. The van der Waals surface area contributed by atoms with Crippen LogP contribution >= 0.6 is 0 Å². The molecule has 20 heavy (non-hydrogen) atoms. The summed E-state index contributed by atoms with van der Waals surface area (Å²) < 4.78 is 13.1. The van der Waals surface area contributed by atoms with Crippen molar-refractivity contribution in [3.05, 3.63) is 23.4 Å². The maximum Gasteiger partial charge on any atom is 0.146 e. The maximum absolute atomic E-state index is 5.98. The SMILES string of the molecule is COc1cc(OC)c2c(c1)c(C(C)(C)CN)c(C)n2C. The lowest BCUT2D eigenvalue weighted by molar-refractivity contribution is 0.397. The molecule has 0 saturated heterocycles. The molecule has 1 heterocycles. The quantitative estimate of drug-likeness (QED) is 0.934. The lowest BCUT2D eigenvalue weighted by atomic mass is 9.83. The van der Waals surface area contributed by atoms with Gasteiger partial charge >= 0.3 is 0 Å². The molecule has 0 spiro atoms. The van der Waals surface area contributed by atoms with Gasteiger partial charge < -0.3 is 19.8 Å². The van der Waals surface area contributed by atoms with Gasteiger partial charge in [-0.1, -0.05) is 13.8 Å². The molecule has 0 aliphatic carbocycles. The van der Waals surface area contributed by atoms with Gasteiger partial charge in [0.1, 0.15) is 11.5 Å². The molecule has 0 atom stereocenters. The number of hydrogen-bond donors (Lipinski definition) is 1. The van der Waals surface area contributed by atoms with Gasteiger partial charge in [-0.15, -0.1) is 0 Å². The van der Waals surface area contributed by atoms with E-state index in [9.17, 15) is 0 Å². The second-order valence-corrected chi connectivity index (χ2v) is 5.83. The minimum absolute atomic E-state index is 0.0963. The van der Waals surface area contributed by atoms with Crippen LogP contribution in [0.1, 0.15) is 25.1 Å². The van der Waals surface area contributed by atoms with E-state index < -0.39 is 0 Å². The number of fused-ring (bicyclic) bond motifs is 1. The first kappa shape index (κ1) is 14.7. The first-order chi connectivity index (χ1) is 9.37. The average Bonchev–Trinajstić information content (AvgIpc) is 2.70. The summed E-state index contributed by atoms with van der Waals surface area (Å²) in [6.45, 7) is 7.05. The van der Waals surface area contributed by atoms with Gasteiger partial charge in [0.15, 0.2) is 0 Å². The van der Waals surface area contributed by atoms with E-state index in [0.29, 0.717) is 6.54 Å². The fourth-order valence-corrected chi connectivity index (χ4v) is 2.88. The molecule has 0 bridgehead atoms. The normalized spacial score (nSPS) is 11.9. The highest BCUT2D eigenvalue weighted by Crippen LogP contribution is 2.40. The van der Waals surface area contributed by atoms with Gasteiger partial charge in [-0.05, 0) is 18.6 Å². The number of ether oxygens (including phenoxy) is 2. The van der Waals surface area contributed by atoms with Crippen LogP contribution in [0.25, 0.3) is 10.9 Å². The van der Waals surface area contributed by atoms with Crippen LogP contribution in [-0.2, 0) is 12.5 Å². The minimum atomic E-state index is -0.0963. The van der Waals surface area contributed by atoms with E-state index in [1.165, 1.54) is 11.3 Å². The van der Waals surface area contributed by atoms with Crippen molar-refractivity contribution in [3.8, 4) is 11.5 Å². The molecular weight excluding hydrogens is 252 g/mol. The molecule has 0 fully saturated rings. The number of nitrogens with zero attached hydrogens (tertiary/aromatic N) is 1. The molecule has 0 aliphatic rings. The van der Waals surface area contributed by atoms with Crippen molar-refractivity contribution < 1.29 is 9.47 Å². The summed E-state index contributed by atoms with van der Waals surface area (Å²) in [6, 6.07) is 3.98. The van der Waals surface area contributed by atoms with Crippen LogP contribution in [0, 0.1) is 6.92 Å². The Labute approximate surface area is 120 Å². The Kier molecular flexibility index (Phi) is 3.69. The van der Waals surface area contributed by atoms with Gasteiger partial charge in [-0.2, -0.15) is 0 Å². The van der Waals surface area contributed by atoms with Gasteiger partial charge in [0.2, 0.25) is 0 Å². The highest BCUT2D eigenvalue weighted by Gasteiger charge is 2.28. The fourth-order valence-electron chi connectivity index (χ4n) is 2.88. The third-order valence-corrected chi connectivity index (χ3v) is 4.16. The summed E-state index contributed by atoms with van der Waals surface area (Å²) in [6.07, 6.45) is 0. The van der Waals surface area contributed by atoms with Crippen molar-refractivity contribution in [1.29, 1.82) is 0 Å². The van der Waals surface area contributed by atoms with Crippen LogP contribution in [0.2, 0.25) is 0 Å². The van der Waals surface area contributed by atoms with Crippen molar-refractivity contribution in [3.63, 3.8) is 0 Å². The second-order valence-electron chi connectivity index (χ2n) is 5.83.